The average Bonchev–Trinajstić information content (AvgIpc) is 2.38. The Bertz CT molecular complexity index is 447. The number of nitrogens with zero attached hydrogens (tertiary/aromatic N) is 1. The summed E-state index contributed by atoms with van der Waals surface area (Å²) in [6.45, 7) is 8.77. The molecule has 0 amide bonds. The van der Waals surface area contributed by atoms with Crippen molar-refractivity contribution in [2.24, 2.45) is 5.92 Å². The molecule has 2 atom stereocenters. The maximum atomic E-state index is 10.9. The molecule has 0 spiro atoms. The van der Waals surface area contributed by atoms with E-state index in [1.54, 1.807) is 12.4 Å². The molecule has 1 fully saturated rings. The number of rotatable bonds is 4. The maximum absolute atomic E-state index is 10.9. The van der Waals surface area contributed by atoms with Crippen LogP contribution in [0.15, 0.2) is 18.5 Å². The van der Waals surface area contributed by atoms with Gasteiger partial charge in [0.15, 0.2) is 0 Å². The van der Waals surface area contributed by atoms with Crippen LogP contribution in [0.4, 0.5) is 0 Å². The zero-order chi connectivity index (χ0) is 14.8. The minimum atomic E-state index is -0.865. The Balaban J connectivity index is 2.20. The largest absolute Gasteiger partial charge is 0.489 e. The summed E-state index contributed by atoms with van der Waals surface area (Å²) in [6.07, 6.45) is 4.81. The van der Waals surface area contributed by atoms with Gasteiger partial charge in [0.05, 0.1) is 30.6 Å². The van der Waals surface area contributed by atoms with Crippen molar-refractivity contribution in [1.82, 2.24) is 4.98 Å². The fourth-order valence-electron chi connectivity index (χ4n) is 2.57. The summed E-state index contributed by atoms with van der Waals surface area (Å²) < 4.78 is 11.4. The first-order valence-corrected chi connectivity index (χ1v) is 7.37. The van der Waals surface area contributed by atoms with Crippen molar-refractivity contribution in [3.05, 3.63) is 24.0 Å². The van der Waals surface area contributed by atoms with Crippen LogP contribution in [0.3, 0.4) is 0 Å². The summed E-state index contributed by atoms with van der Waals surface area (Å²) >= 11 is 0. The molecular formula is C16H25NO3. The summed E-state index contributed by atoms with van der Waals surface area (Å²) in [7, 11) is 0. The Morgan fingerprint density at radius 1 is 1.35 bits per heavy atom. The minimum absolute atomic E-state index is 0.0865. The van der Waals surface area contributed by atoms with Crippen molar-refractivity contribution in [2.45, 2.75) is 58.3 Å². The molecule has 0 bridgehead atoms. The summed E-state index contributed by atoms with van der Waals surface area (Å²) in [5.41, 5.74) is -0.0408. The lowest BCUT2D eigenvalue weighted by Gasteiger charge is -2.38. The van der Waals surface area contributed by atoms with Gasteiger partial charge in [-0.3, -0.25) is 4.98 Å². The SMILES string of the molecule is CC(C)Oc1cncc(C2(O)CCOC(C(C)C)C2)c1. The van der Waals surface area contributed by atoms with Gasteiger partial charge in [-0.1, -0.05) is 13.8 Å². The van der Waals surface area contributed by atoms with Crippen LogP contribution < -0.4 is 4.74 Å². The average molecular weight is 279 g/mol. The molecule has 0 aliphatic carbocycles. The highest BCUT2D eigenvalue weighted by atomic mass is 16.5. The molecule has 1 N–H and O–H groups in total. The molecule has 1 aromatic heterocycles. The second-order valence-electron chi connectivity index (χ2n) is 6.21. The number of aliphatic hydroxyl groups is 1. The lowest BCUT2D eigenvalue weighted by molar-refractivity contribution is -0.121. The number of hydrogen-bond acceptors (Lipinski definition) is 4. The summed E-state index contributed by atoms with van der Waals surface area (Å²) in [5, 5.41) is 10.9. The van der Waals surface area contributed by atoms with E-state index in [1.807, 2.05) is 19.9 Å². The van der Waals surface area contributed by atoms with Crippen LogP contribution in [0.25, 0.3) is 0 Å². The summed E-state index contributed by atoms with van der Waals surface area (Å²) in [5.74, 6) is 1.10. The van der Waals surface area contributed by atoms with Gasteiger partial charge < -0.3 is 14.6 Å². The normalized spacial score (nSPS) is 27.1. The van der Waals surface area contributed by atoms with Gasteiger partial charge in [0.1, 0.15) is 5.75 Å². The molecule has 0 aromatic carbocycles. The molecule has 0 saturated carbocycles. The predicted molar refractivity (Wildman–Crippen MR) is 77.7 cm³/mol. The van der Waals surface area contributed by atoms with Crippen molar-refractivity contribution in [3.8, 4) is 5.75 Å². The van der Waals surface area contributed by atoms with Gasteiger partial charge in [0.2, 0.25) is 0 Å². The molecule has 4 heteroatoms. The van der Waals surface area contributed by atoms with Gasteiger partial charge in [-0.15, -0.1) is 0 Å². The molecule has 1 aliphatic rings. The predicted octanol–water partition coefficient (Wildman–Crippen LogP) is 2.89. The zero-order valence-corrected chi connectivity index (χ0v) is 12.8. The lowest BCUT2D eigenvalue weighted by Crippen LogP contribution is -2.40. The number of aromatic nitrogens is 1. The van der Waals surface area contributed by atoms with Gasteiger partial charge in [0, 0.05) is 24.6 Å². The van der Waals surface area contributed by atoms with E-state index in [2.05, 4.69) is 18.8 Å². The van der Waals surface area contributed by atoms with Gasteiger partial charge in [0.25, 0.3) is 0 Å². The fraction of sp³-hybridized carbons (Fsp3) is 0.688. The van der Waals surface area contributed by atoms with E-state index >= 15 is 0 Å². The summed E-state index contributed by atoms with van der Waals surface area (Å²) in [6, 6.07) is 1.90. The zero-order valence-electron chi connectivity index (χ0n) is 12.8. The Hall–Kier alpha value is -1.13. The monoisotopic (exact) mass is 279 g/mol. The van der Waals surface area contributed by atoms with Gasteiger partial charge in [-0.2, -0.15) is 0 Å². The highest BCUT2D eigenvalue weighted by molar-refractivity contribution is 5.28. The van der Waals surface area contributed by atoms with E-state index in [9.17, 15) is 5.11 Å². The maximum Gasteiger partial charge on any atom is 0.138 e. The highest BCUT2D eigenvalue weighted by Gasteiger charge is 2.38. The molecular weight excluding hydrogens is 254 g/mol. The Morgan fingerprint density at radius 3 is 2.75 bits per heavy atom. The van der Waals surface area contributed by atoms with Crippen LogP contribution in [-0.2, 0) is 10.3 Å². The number of ether oxygens (including phenoxy) is 2. The van der Waals surface area contributed by atoms with Crippen molar-refractivity contribution in [1.29, 1.82) is 0 Å². The molecule has 112 valence electrons. The molecule has 0 radical (unpaired) electrons. The molecule has 2 unspecified atom stereocenters. The molecule has 2 heterocycles. The van der Waals surface area contributed by atoms with E-state index in [1.165, 1.54) is 0 Å². The van der Waals surface area contributed by atoms with Crippen molar-refractivity contribution in [3.63, 3.8) is 0 Å². The fourth-order valence-corrected chi connectivity index (χ4v) is 2.57. The topological polar surface area (TPSA) is 51.6 Å². The minimum Gasteiger partial charge on any atom is -0.489 e. The van der Waals surface area contributed by atoms with Crippen LogP contribution in [0.5, 0.6) is 5.75 Å². The first kappa shape index (κ1) is 15.3. The highest BCUT2D eigenvalue weighted by Crippen LogP contribution is 2.37. The van der Waals surface area contributed by atoms with Crippen LogP contribution in [0, 0.1) is 5.92 Å². The summed E-state index contributed by atoms with van der Waals surface area (Å²) in [4.78, 5) is 4.20. The van der Waals surface area contributed by atoms with E-state index < -0.39 is 5.60 Å². The van der Waals surface area contributed by atoms with Crippen LogP contribution in [0.2, 0.25) is 0 Å². The van der Waals surface area contributed by atoms with E-state index in [0.29, 0.717) is 31.1 Å². The molecule has 4 nitrogen and oxygen atoms in total. The third-order valence-electron chi connectivity index (χ3n) is 3.75. The molecule has 2 rings (SSSR count). The third kappa shape index (κ3) is 3.49. The van der Waals surface area contributed by atoms with Crippen LogP contribution in [-0.4, -0.2) is 28.9 Å². The third-order valence-corrected chi connectivity index (χ3v) is 3.75. The van der Waals surface area contributed by atoms with Gasteiger partial charge in [-0.25, -0.2) is 0 Å². The first-order valence-electron chi connectivity index (χ1n) is 7.37. The number of pyridine rings is 1. The molecule has 1 aromatic rings. The molecule has 1 saturated heterocycles. The van der Waals surface area contributed by atoms with E-state index in [0.717, 1.165) is 5.56 Å². The Morgan fingerprint density at radius 2 is 2.10 bits per heavy atom. The van der Waals surface area contributed by atoms with Crippen molar-refractivity contribution >= 4 is 0 Å². The number of hydrogen-bond donors (Lipinski definition) is 1. The van der Waals surface area contributed by atoms with Crippen molar-refractivity contribution in [2.75, 3.05) is 6.61 Å². The second-order valence-corrected chi connectivity index (χ2v) is 6.21. The molecule has 1 aliphatic heterocycles. The smallest absolute Gasteiger partial charge is 0.138 e. The quantitative estimate of drug-likeness (QED) is 0.920. The van der Waals surface area contributed by atoms with E-state index in [4.69, 9.17) is 9.47 Å². The standard InChI is InChI=1S/C16H25NO3/c1-11(2)15-8-16(18,5-6-19-15)13-7-14(10-17-9-13)20-12(3)4/h7,9-12,15,18H,5-6,8H2,1-4H3. The van der Waals surface area contributed by atoms with Gasteiger partial charge >= 0.3 is 0 Å². The van der Waals surface area contributed by atoms with E-state index in [-0.39, 0.29) is 12.2 Å². The Kier molecular flexibility index (Phi) is 4.66. The Labute approximate surface area is 121 Å². The molecule has 20 heavy (non-hydrogen) atoms. The van der Waals surface area contributed by atoms with Crippen LogP contribution in [0.1, 0.15) is 46.1 Å². The van der Waals surface area contributed by atoms with Crippen molar-refractivity contribution < 1.29 is 14.6 Å². The van der Waals surface area contributed by atoms with Gasteiger partial charge in [-0.05, 0) is 25.8 Å². The lowest BCUT2D eigenvalue weighted by atomic mass is 9.82. The first-order chi connectivity index (χ1) is 9.40. The second kappa shape index (κ2) is 6.10. The van der Waals surface area contributed by atoms with Crippen LogP contribution >= 0.6 is 0 Å².